The van der Waals surface area contributed by atoms with Crippen LogP contribution in [-0.4, -0.2) is 22.1 Å². The summed E-state index contributed by atoms with van der Waals surface area (Å²) in [5.41, 5.74) is -1.25. The van der Waals surface area contributed by atoms with Gasteiger partial charge in [-0.3, -0.25) is 0 Å². The highest BCUT2D eigenvalue weighted by molar-refractivity contribution is 5.76. The monoisotopic (exact) mass is 564 g/mol. The minimum Gasteiger partial charge on any atom is -0.492 e. The molecule has 0 saturated heterocycles. The first-order chi connectivity index (χ1) is 18.4. The molecule has 0 saturated carbocycles. The Morgan fingerprint density at radius 1 is 0.750 bits per heavy atom. The van der Waals surface area contributed by atoms with E-state index in [1.807, 2.05) is 19.9 Å². The molecular formula is C29H30F6N4O. The van der Waals surface area contributed by atoms with E-state index in [1.165, 1.54) is 11.9 Å². The molecule has 0 amide bonds. The Morgan fingerprint density at radius 3 is 1.73 bits per heavy atom. The van der Waals surface area contributed by atoms with E-state index in [0.717, 1.165) is 12.0 Å². The summed E-state index contributed by atoms with van der Waals surface area (Å²) in [4.78, 5) is 1.36. The third-order valence-corrected chi connectivity index (χ3v) is 6.40. The normalized spacial score (nSPS) is 13.1. The van der Waals surface area contributed by atoms with E-state index < -0.39 is 34.6 Å². The molecule has 4 rings (SSSR count). The van der Waals surface area contributed by atoms with Gasteiger partial charge >= 0.3 is 12.4 Å². The van der Waals surface area contributed by atoms with Gasteiger partial charge in [0.25, 0.3) is 0 Å². The summed E-state index contributed by atoms with van der Waals surface area (Å²) < 4.78 is 86.9. The van der Waals surface area contributed by atoms with Gasteiger partial charge in [0.05, 0.1) is 23.9 Å². The number of anilines is 2. The zero-order valence-corrected chi connectivity index (χ0v) is 22.9. The lowest BCUT2D eigenvalue weighted by Gasteiger charge is -2.34. The molecule has 3 aromatic carbocycles. The molecule has 0 fully saturated rings. The van der Waals surface area contributed by atoms with E-state index in [-0.39, 0.29) is 22.9 Å². The van der Waals surface area contributed by atoms with Gasteiger partial charge in [-0.25, -0.2) is 0 Å². The number of aromatic nitrogens is 3. The lowest BCUT2D eigenvalue weighted by atomic mass is 9.72. The summed E-state index contributed by atoms with van der Waals surface area (Å²) in [6, 6.07) is 12.1. The number of hydrogen-bond acceptors (Lipinski definition) is 4. The van der Waals surface area contributed by atoms with Crippen molar-refractivity contribution in [3.8, 4) is 11.4 Å². The third kappa shape index (κ3) is 6.34. The molecule has 1 heterocycles. The van der Waals surface area contributed by atoms with Crippen molar-refractivity contribution >= 4 is 22.4 Å². The van der Waals surface area contributed by atoms with Crippen LogP contribution in [0.5, 0.6) is 5.75 Å². The number of fused-ring (bicyclic) bond motifs is 1. The Morgan fingerprint density at radius 2 is 1.27 bits per heavy atom. The van der Waals surface area contributed by atoms with Crippen LogP contribution < -0.4 is 10.1 Å². The highest BCUT2D eigenvalue weighted by Gasteiger charge is 2.37. The topological polar surface area (TPSA) is 52.0 Å². The molecule has 4 aromatic rings. The molecule has 0 aliphatic rings. The molecular weight excluding hydrogens is 534 g/mol. The number of benzene rings is 3. The zero-order chi connectivity index (χ0) is 29.7. The van der Waals surface area contributed by atoms with Crippen molar-refractivity contribution in [1.82, 2.24) is 15.0 Å². The predicted octanol–water partition coefficient (Wildman–Crippen LogP) is 8.92. The second-order valence-corrected chi connectivity index (χ2v) is 11.6. The van der Waals surface area contributed by atoms with Crippen molar-refractivity contribution in [2.75, 3.05) is 12.4 Å². The number of methoxy groups -OCH3 is 1. The first-order valence-electron chi connectivity index (χ1n) is 12.5. The van der Waals surface area contributed by atoms with Crippen LogP contribution in [-0.2, 0) is 17.8 Å². The number of halogens is 6. The molecule has 5 nitrogen and oxygen atoms in total. The van der Waals surface area contributed by atoms with Crippen molar-refractivity contribution in [3.63, 3.8) is 0 Å². The fraction of sp³-hybridized carbons (Fsp3) is 0.379. The Bertz CT molecular complexity index is 1470. The van der Waals surface area contributed by atoms with Gasteiger partial charge in [0.1, 0.15) is 16.7 Å². The van der Waals surface area contributed by atoms with Crippen molar-refractivity contribution < 1.29 is 31.1 Å². The van der Waals surface area contributed by atoms with Gasteiger partial charge in [-0.1, -0.05) is 46.8 Å². The Labute approximate surface area is 228 Å². The quantitative estimate of drug-likeness (QED) is 0.238. The molecule has 1 N–H and O–H groups in total. The van der Waals surface area contributed by atoms with Gasteiger partial charge in [0, 0.05) is 5.69 Å². The first-order valence-corrected chi connectivity index (χ1v) is 12.5. The second kappa shape index (κ2) is 10.0. The van der Waals surface area contributed by atoms with E-state index in [1.54, 1.807) is 30.3 Å². The van der Waals surface area contributed by atoms with Crippen LogP contribution in [0.25, 0.3) is 16.7 Å². The minimum atomic E-state index is -4.98. The van der Waals surface area contributed by atoms with E-state index in [2.05, 4.69) is 36.3 Å². The van der Waals surface area contributed by atoms with Crippen molar-refractivity contribution in [2.45, 2.75) is 58.8 Å². The molecule has 11 heteroatoms. The Hall–Kier alpha value is -3.76. The van der Waals surface area contributed by atoms with Crippen LogP contribution >= 0.6 is 0 Å². The summed E-state index contributed by atoms with van der Waals surface area (Å²) in [5.74, 6) is 0.154. The molecule has 0 atom stereocenters. The third-order valence-electron chi connectivity index (χ3n) is 6.40. The zero-order valence-electron chi connectivity index (χ0n) is 22.9. The molecule has 0 aliphatic heterocycles. The molecule has 0 aliphatic carbocycles. The van der Waals surface area contributed by atoms with Gasteiger partial charge < -0.3 is 10.1 Å². The van der Waals surface area contributed by atoms with Crippen LogP contribution in [0.2, 0.25) is 0 Å². The maximum absolute atomic E-state index is 13.5. The highest BCUT2D eigenvalue weighted by Crippen LogP contribution is 2.44. The SMILES string of the molecule is COc1c(Nc2cc(C(F)(F)F)cc(C(F)(F)F)c2)cc(C(C)(C)CC(C)(C)C)cc1-n1nc2ccccc2n1. The number of hydrogen-bond donors (Lipinski definition) is 1. The van der Waals surface area contributed by atoms with E-state index >= 15 is 0 Å². The Kier molecular flexibility index (Phi) is 7.32. The van der Waals surface area contributed by atoms with Crippen LogP contribution in [0.15, 0.2) is 54.6 Å². The average Bonchev–Trinajstić information content (AvgIpc) is 3.25. The van der Waals surface area contributed by atoms with Crippen molar-refractivity contribution in [3.05, 3.63) is 71.3 Å². The molecule has 0 unspecified atom stereocenters. The summed E-state index contributed by atoms with van der Waals surface area (Å²) in [7, 11) is 1.36. The average molecular weight is 565 g/mol. The fourth-order valence-electron chi connectivity index (χ4n) is 5.04. The Balaban J connectivity index is 1.95. The summed E-state index contributed by atoms with van der Waals surface area (Å²) >= 11 is 0. The van der Waals surface area contributed by atoms with Gasteiger partial charge in [0.2, 0.25) is 0 Å². The number of rotatable bonds is 6. The highest BCUT2D eigenvalue weighted by atomic mass is 19.4. The maximum atomic E-state index is 13.5. The maximum Gasteiger partial charge on any atom is 0.416 e. The van der Waals surface area contributed by atoms with Gasteiger partial charge in [-0.2, -0.15) is 26.3 Å². The number of alkyl halides is 6. The smallest absolute Gasteiger partial charge is 0.416 e. The van der Waals surface area contributed by atoms with Crippen LogP contribution in [0.4, 0.5) is 37.7 Å². The van der Waals surface area contributed by atoms with Crippen LogP contribution in [0.1, 0.15) is 57.7 Å². The summed E-state index contributed by atoms with van der Waals surface area (Å²) in [5, 5.41) is 11.8. The lowest BCUT2D eigenvalue weighted by Crippen LogP contribution is -2.25. The van der Waals surface area contributed by atoms with Gasteiger partial charge in [-0.05, 0) is 65.3 Å². The standard InChI is InChI=1S/C29H30F6N4O/c1-26(2,3)16-27(4,5)17-14-23(36-20-12-18(28(30,31)32)11-19(13-20)29(33,34)35)25(40-6)24(15-17)39-37-21-9-7-8-10-22(21)38-39/h7-15,36H,16H2,1-6H3. The number of nitrogens with one attached hydrogen (secondary N) is 1. The lowest BCUT2D eigenvalue weighted by molar-refractivity contribution is -0.143. The summed E-state index contributed by atoms with van der Waals surface area (Å²) in [6.07, 6.45) is -9.24. The van der Waals surface area contributed by atoms with Crippen LogP contribution in [0, 0.1) is 5.41 Å². The number of nitrogens with zero attached hydrogens (tertiary/aromatic N) is 3. The minimum absolute atomic E-state index is 0.0849. The summed E-state index contributed by atoms with van der Waals surface area (Å²) in [6.45, 7) is 10.3. The van der Waals surface area contributed by atoms with Crippen LogP contribution in [0.3, 0.4) is 0 Å². The molecule has 40 heavy (non-hydrogen) atoms. The second-order valence-electron chi connectivity index (χ2n) is 11.6. The predicted molar refractivity (Wildman–Crippen MR) is 142 cm³/mol. The molecule has 0 bridgehead atoms. The van der Waals surface area contributed by atoms with E-state index in [4.69, 9.17) is 4.74 Å². The van der Waals surface area contributed by atoms with Crippen molar-refractivity contribution in [1.29, 1.82) is 0 Å². The fourth-order valence-corrected chi connectivity index (χ4v) is 5.04. The van der Waals surface area contributed by atoms with E-state index in [0.29, 0.717) is 28.9 Å². The first kappa shape index (κ1) is 29.2. The largest absolute Gasteiger partial charge is 0.492 e. The van der Waals surface area contributed by atoms with Crippen molar-refractivity contribution in [2.24, 2.45) is 5.41 Å². The van der Waals surface area contributed by atoms with E-state index in [9.17, 15) is 26.3 Å². The van der Waals surface area contributed by atoms with Gasteiger partial charge in [-0.15, -0.1) is 15.0 Å². The number of ether oxygens (including phenoxy) is 1. The van der Waals surface area contributed by atoms with Gasteiger partial charge in [0.15, 0.2) is 5.75 Å². The molecule has 0 spiro atoms. The molecule has 0 radical (unpaired) electrons. The molecule has 1 aromatic heterocycles. The molecule has 214 valence electrons.